The fourth-order valence-electron chi connectivity index (χ4n) is 6.51. The zero-order valence-corrected chi connectivity index (χ0v) is 15.7. The highest BCUT2D eigenvalue weighted by molar-refractivity contribution is 5.85. The second kappa shape index (κ2) is 5.55. The summed E-state index contributed by atoms with van der Waals surface area (Å²) < 4.78 is 10.5. The van der Waals surface area contributed by atoms with E-state index < -0.39 is 28.7 Å². The quantitative estimate of drug-likeness (QED) is 0.745. The van der Waals surface area contributed by atoms with Gasteiger partial charge in [0.05, 0.1) is 11.0 Å². The van der Waals surface area contributed by atoms with Gasteiger partial charge in [0.1, 0.15) is 6.10 Å². The van der Waals surface area contributed by atoms with Crippen LogP contribution in [-0.2, 0) is 19.1 Å². The van der Waals surface area contributed by atoms with E-state index in [2.05, 4.69) is 6.92 Å². The van der Waals surface area contributed by atoms with Crippen molar-refractivity contribution < 1.29 is 29.3 Å². The number of aliphatic hydroxyl groups excluding tert-OH is 1. The molecule has 2 aliphatic carbocycles. The number of esters is 2. The normalized spacial score (nSPS) is 50.1. The fourth-order valence-corrected chi connectivity index (χ4v) is 6.51. The highest BCUT2D eigenvalue weighted by Gasteiger charge is 2.71. The Morgan fingerprint density at radius 1 is 1.23 bits per heavy atom. The molecule has 2 heterocycles. The Kier molecular flexibility index (Phi) is 3.84. The maximum atomic E-state index is 12.6. The first-order valence-electron chi connectivity index (χ1n) is 9.64. The van der Waals surface area contributed by atoms with Gasteiger partial charge in [-0.25, -0.2) is 4.79 Å². The van der Waals surface area contributed by atoms with Crippen LogP contribution in [0.3, 0.4) is 0 Å². The van der Waals surface area contributed by atoms with Crippen molar-refractivity contribution in [3.05, 3.63) is 11.6 Å². The van der Waals surface area contributed by atoms with Gasteiger partial charge in [0.2, 0.25) is 6.29 Å². The molecule has 0 aromatic heterocycles. The Hall–Kier alpha value is -1.40. The van der Waals surface area contributed by atoms with Gasteiger partial charge in [0.15, 0.2) is 0 Å². The number of hydrogen-bond acceptors (Lipinski definition) is 6. The molecule has 1 saturated heterocycles. The van der Waals surface area contributed by atoms with Crippen LogP contribution in [0.4, 0.5) is 0 Å². The van der Waals surface area contributed by atoms with Gasteiger partial charge in [0, 0.05) is 23.0 Å². The summed E-state index contributed by atoms with van der Waals surface area (Å²) in [6.07, 6.45) is 3.98. The predicted molar refractivity (Wildman–Crippen MR) is 91.6 cm³/mol. The van der Waals surface area contributed by atoms with Gasteiger partial charge in [-0.15, -0.1) is 0 Å². The van der Waals surface area contributed by atoms with E-state index in [9.17, 15) is 19.8 Å². The molecule has 4 aliphatic rings. The van der Waals surface area contributed by atoms with Crippen LogP contribution in [0.25, 0.3) is 0 Å². The standard InChI is InChI=1S/C20H28O6/c1-11-9-13-15-18(2,17(23)25-13)6-4-7-19(15,3)20(11,24)8-5-12-10-14(21)26-16(12)22/h10-11,13,15-16,22,24H,4-9H2,1-3H3/t11-,13-,15?,16?,18+,19-,20?/m1/s1. The summed E-state index contributed by atoms with van der Waals surface area (Å²) in [6.45, 7) is 6.10. The van der Waals surface area contributed by atoms with E-state index in [1.807, 2.05) is 13.8 Å². The van der Waals surface area contributed by atoms with Crippen LogP contribution in [0.2, 0.25) is 0 Å². The van der Waals surface area contributed by atoms with Crippen molar-refractivity contribution in [1.29, 1.82) is 0 Å². The lowest BCUT2D eigenvalue weighted by Crippen LogP contribution is -2.65. The molecule has 0 aromatic carbocycles. The molecule has 144 valence electrons. The second-order valence-electron chi connectivity index (χ2n) is 9.18. The average molecular weight is 364 g/mol. The van der Waals surface area contributed by atoms with Crippen molar-refractivity contribution in [3.63, 3.8) is 0 Å². The third kappa shape index (κ3) is 2.18. The molecule has 2 N–H and O–H groups in total. The molecule has 0 amide bonds. The third-order valence-electron chi connectivity index (χ3n) is 7.89. The summed E-state index contributed by atoms with van der Waals surface area (Å²) in [5.41, 5.74) is -1.45. The number of ether oxygens (including phenoxy) is 2. The van der Waals surface area contributed by atoms with Crippen molar-refractivity contribution in [2.24, 2.45) is 22.7 Å². The summed E-state index contributed by atoms with van der Waals surface area (Å²) in [7, 11) is 0. The van der Waals surface area contributed by atoms with Crippen LogP contribution in [-0.4, -0.2) is 40.1 Å². The minimum absolute atomic E-state index is 0.00202. The molecule has 0 aromatic rings. The maximum Gasteiger partial charge on any atom is 0.333 e. The minimum Gasteiger partial charge on any atom is -0.462 e. The molecule has 0 bridgehead atoms. The van der Waals surface area contributed by atoms with Crippen LogP contribution in [0.5, 0.6) is 0 Å². The first kappa shape index (κ1) is 18.0. The predicted octanol–water partition coefficient (Wildman–Crippen LogP) is 2.08. The summed E-state index contributed by atoms with van der Waals surface area (Å²) in [5, 5.41) is 21.7. The Morgan fingerprint density at radius 3 is 2.62 bits per heavy atom. The van der Waals surface area contributed by atoms with Crippen LogP contribution in [0.1, 0.15) is 59.3 Å². The van der Waals surface area contributed by atoms with Crippen molar-refractivity contribution in [2.45, 2.75) is 77.3 Å². The molecule has 26 heavy (non-hydrogen) atoms. The zero-order valence-electron chi connectivity index (χ0n) is 15.7. The number of carbonyl (C=O) groups excluding carboxylic acids is 2. The van der Waals surface area contributed by atoms with Crippen molar-refractivity contribution in [2.75, 3.05) is 0 Å². The molecule has 2 aliphatic heterocycles. The molecule has 0 spiro atoms. The zero-order chi connectivity index (χ0) is 18.9. The van der Waals surface area contributed by atoms with Gasteiger partial charge in [0.25, 0.3) is 0 Å². The first-order valence-corrected chi connectivity index (χ1v) is 9.64. The van der Waals surface area contributed by atoms with Gasteiger partial charge < -0.3 is 19.7 Å². The molecular formula is C20H28O6. The SMILES string of the molecule is C[C@@H]1C[C@H]2OC(=O)[C@@]3(C)CCC[C@](C)(C23)C1(O)CCC1=CC(=O)OC1O. The van der Waals surface area contributed by atoms with Crippen LogP contribution < -0.4 is 0 Å². The van der Waals surface area contributed by atoms with E-state index in [4.69, 9.17) is 9.47 Å². The van der Waals surface area contributed by atoms with E-state index in [-0.39, 0.29) is 23.9 Å². The lowest BCUT2D eigenvalue weighted by Gasteiger charge is -2.61. The topological polar surface area (TPSA) is 93.1 Å². The molecular weight excluding hydrogens is 336 g/mol. The summed E-state index contributed by atoms with van der Waals surface area (Å²) in [5.74, 6) is -0.708. The Bertz CT molecular complexity index is 686. The van der Waals surface area contributed by atoms with E-state index in [1.54, 1.807) is 0 Å². The highest BCUT2D eigenvalue weighted by Crippen LogP contribution is 2.67. The second-order valence-corrected chi connectivity index (χ2v) is 9.18. The summed E-state index contributed by atoms with van der Waals surface area (Å²) in [4.78, 5) is 23.9. The number of carbonyl (C=O) groups is 2. The molecule has 3 unspecified atom stereocenters. The largest absolute Gasteiger partial charge is 0.462 e. The Balaban J connectivity index is 1.66. The van der Waals surface area contributed by atoms with E-state index in [0.29, 0.717) is 24.8 Å². The monoisotopic (exact) mass is 364 g/mol. The Labute approximate surface area is 153 Å². The van der Waals surface area contributed by atoms with Crippen molar-refractivity contribution in [3.8, 4) is 0 Å². The van der Waals surface area contributed by atoms with Gasteiger partial charge in [-0.05, 0) is 44.9 Å². The van der Waals surface area contributed by atoms with Crippen LogP contribution in [0.15, 0.2) is 11.6 Å². The molecule has 0 radical (unpaired) electrons. The molecule has 6 heteroatoms. The van der Waals surface area contributed by atoms with Gasteiger partial charge in [-0.3, -0.25) is 4.79 Å². The van der Waals surface area contributed by atoms with E-state index in [0.717, 1.165) is 19.3 Å². The van der Waals surface area contributed by atoms with Crippen molar-refractivity contribution >= 4 is 11.9 Å². The lowest BCUT2D eigenvalue weighted by molar-refractivity contribution is -0.218. The van der Waals surface area contributed by atoms with E-state index in [1.165, 1.54) is 6.08 Å². The molecule has 2 saturated carbocycles. The smallest absolute Gasteiger partial charge is 0.333 e. The molecule has 4 rings (SSSR count). The maximum absolute atomic E-state index is 12.6. The summed E-state index contributed by atoms with van der Waals surface area (Å²) in [6, 6.07) is 0. The average Bonchev–Trinajstić information content (AvgIpc) is 3.01. The van der Waals surface area contributed by atoms with Gasteiger partial charge in [-0.1, -0.05) is 20.3 Å². The van der Waals surface area contributed by atoms with Gasteiger partial charge >= 0.3 is 11.9 Å². The molecule has 7 atom stereocenters. The number of cyclic esters (lactones) is 1. The minimum atomic E-state index is -1.21. The van der Waals surface area contributed by atoms with Crippen LogP contribution in [0, 0.1) is 22.7 Å². The number of hydrogen-bond donors (Lipinski definition) is 2. The number of aliphatic hydroxyl groups is 2. The van der Waals surface area contributed by atoms with E-state index >= 15 is 0 Å². The Morgan fingerprint density at radius 2 is 1.96 bits per heavy atom. The van der Waals surface area contributed by atoms with Gasteiger partial charge in [-0.2, -0.15) is 0 Å². The highest BCUT2D eigenvalue weighted by atomic mass is 16.6. The van der Waals surface area contributed by atoms with Crippen molar-refractivity contribution in [1.82, 2.24) is 0 Å². The third-order valence-corrected chi connectivity index (χ3v) is 7.89. The molecule has 6 nitrogen and oxygen atoms in total. The van der Waals surface area contributed by atoms with Crippen LogP contribution >= 0.6 is 0 Å². The summed E-state index contributed by atoms with van der Waals surface area (Å²) >= 11 is 0. The lowest BCUT2D eigenvalue weighted by atomic mass is 9.44. The first-order chi connectivity index (χ1) is 12.1. The number of rotatable bonds is 3. The fraction of sp³-hybridized carbons (Fsp3) is 0.800. The molecule has 3 fully saturated rings.